The fraction of sp³-hybridized carbons (Fsp3) is 0.538. The lowest BCUT2D eigenvalue weighted by molar-refractivity contribution is 0.0481. The third-order valence-corrected chi connectivity index (χ3v) is 3.29. The quantitative estimate of drug-likeness (QED) is 0.799. The maximum absolute atomic E-state index is 10.0. The van der Waals surface area contributed by atoms with Crippen molar-refractivity contribution >= 4 is 5.69 Å². The fourth-order valence-electron chi connectivity index (χ4n) is 2.20. The summed E-state index contributed by atoms with van der Waals surface area (Å²) in [4.78, 5) is 6.18. The van der Waals surface area contributed by atoms with Crippen molar-refractivity contribution in [1.29, 1.82) is 5.26 Å². The topological polar surface area (TPSA) is 60.1 Å². The van der Waals surface area contributed by atoms with Gasteiger partial charge >= 0.3 is 0 Å². The maximum atomic E-state index is 10.0. The number of hydrogen-bond acceptors (Lipinski definition) is 4. The standard InChI is InChI=1S/C13H17N3O/c1-13(17)4-2-7-16(8-5-13)12-3-6-15-11(9-12)10-14/h3,6,9,17H,2,4-5,7-8H2,1H3. The normalized spacial score (nSPS) is 25.1. The molecule has 2 heterocycles. The molecule has 0 amide bonds. The van der Waals surface area contributed by atoms with E-state index in [1.54, 1.807) is 12.3 Å². The molecule has 1 N–H and O–H groups in total. The molecule has 4 nitrogen and oxygen atoms in total. The minimum Gasteiger partial charge on any atom is -0.390 e. The second-order valence-electron chi connectivity index (χ2n) is 4.85. The number of aromatic nitrogens is 1. The molecular formula is C13H17N3O. The van der Waals surface area contributed by atoms with Crippen molar-refractivity contribution in [3.8, 4) is 6.07 Å². The minimum absolute atomic E-state index is 0.443. The Morgan fingerprint density at radius 2 is 2.29 bits per heavy atom. The average molecular weight is 231 g/mol. The second kappa shape index (κ2) is 4.72. The van der Waals surface area contributed by atoms with E-state index in [-0.39, 0.29) is 0 Å². The molecule has 1 aromatic heterocycles. The van der Waals surface area contributed by atoms with Gasteiger partial charge in [0, 0.05) is 25.0 Å². The molecule has 1 aromatic rings. The van der Waals surface area contributed by atoms with Crippen LogP contribution >= 0.6 is 0 Å². The first-order valence-corrected chi connectivity index (χ1v) is 5.94. The Morgan fingerprint density at radius 3 is 3.06 bits per heavy atom. The minimum atomic E-state index is -0.556. The highest BCUT2D eigenvalue weighted by atomic mass is 16.3. The lowest BCUT2D eigenvalue weighted by atomic mass is 9.98. The molecule has 1 atom stereocenters. The zero-order valence-electron chi connectivity index (χ0n) is 10.1. The third-order valence-electron chi connectivity index (χ3n) is 3.29. The van der Waals surface area contributed by atoms with Crippen LogP contribution in [0.2, 0.25) is 0 Å². The summed E-state index contributed by atoms with van der Waals surface area (Å²) in [6.45, 7) is 3.64. The van der Waals surface area contributed by atoms with Gasteiger partial charge in [-0.1, -0.05) is 0 Å². The molecule has 90 valence electrons. The van der Waals surface area contributed by atoms with E-state index in [0.717, 1.165) is 38.0 Å². The van der Waals surface area contributed by atoms with E-state index >= 15 is 0 Å². The van der Waals surface area contributed by atoms with Crippen LogP contribution in [-0.2, 0) is 0 Å². The highest BCUT2D eigenvalue weighted by molar-refractivity contribution is 5.48. The van der Waals surface area contributed by atoms with E-state index in [9.17, 15) is 5.11 Å². The summed E-state index contributed by atoms with van der Waals surface area (Å²) >= 11 is 0. The molecule has 17 heavy (non-hydrogen) atoms. The lowest BCUT2D eigenvalue weighted by Crippen LogP contribution is -2.28. The van der Waals surface area contributed by atoms with Crippen molar-refractivity contribution < 1.29 is 5.11 Å². The predicted octanol–water partition coefficient (Wildman–Crippen LogP) is 1.69. The van der Waals surface area contributed by atoms with Crippen LogP contribution < -0.4 is 4.90 Å². The molecule has 0 radical (unpaired) electrons. The van der Waals surface area contributed by atoms with Crippen LogP contribution in [0.25, 0.3) is 0 Å². The summed E-state index contributed by atoms with van der Waals surface area (Å²) in [5.74, 6) is 0. The van der Waals surface area contributed by atoms with E-state index in [4.69, 9.17) is 5.26 Å². The zero-order chi connectivity index (χ0) is 12.3. The van der Waals surface area contributed by atoms with Crippen LogP contribution in [0.1, 0.15) is 31.9 Å². The van der Waals surface area contributed by atoms with Crippen LogP contribution in [0.3, 0.4) is 0 Å². The summed E-state index contributed by atoms with van der Waals surface area (Å²) in [5, 5.41) is 18.9. The van der Waals surface area contributed by atoms with Gasteiger partial charge in [0.1, 0.15) is 11.8 Å². The third kappa shape index (κ3) is 2.95. The van der Waals surface area contributed by atoms with Crippen LogP contribution in [0, 0.1) is 11.3 Å². The molecule has 1 saturated heterocycles. The summed E-state index contributed by atoms with van der Waals surface area (Å²) in [6, 6.07) is 5.77. The number of anilines is 1. The van der Waals surface area contributed by atoms with Crippen LogP contribution in [0.15, 0.2) is 18.3 Å². The van der Waals surface area contributed by atoms with Crippen LogP contribution in [0.4, 0.5) is 5.69 Å². The van der Waals surface area contributed by atoms with Gasteiger partial charge in [-0.05, 0) is 38.3 Å². The summed E-state index contributed by atoms with van der Waals surface area (Å²) in [6.07, 6.45) is 4.23. The second-order valence-corrected chi connectivity index (χ2v) is 4.85. The first kappa shape index (κ1) is 11.9. The van der Waals surface area contributed by atoms with Crippen molar-refractivity contribution in [1.82, 2.24) is 4.98 Å². The SMILES string of the molecule is CC1(O)CCCN(c2ccnc(C#N)c2)CC1. The smallest absolute Gasteiger partial charge is 0.142 e. The highest BCUT2D eigenvalue weighted by Crippen LogP contribution is 2.25. The van der Waals surface area contributed by atoms with Crippen molar-refractivity contribution in [3.05, 3.63) is 24.0 Å². The lowest BCUT2D eigenvalue weighted by Gasteiger charge is -2.24. The average Bonchev–Trinajstić information content (AvgIpc) is 2.50. The molecule has 1 unspecified atom stereocenters. The van der Waals surface area contributed by atoms with E-state index in [0.29, 0.717) is 5.69 Å². The molecule has 1 aliphatic heterocycles. The summed E-state index contributed by atoms with van der Waals surface area (Å²) in [7, 11) is 0. The van der Waals surface area contributed by atoms with E-state index in [1.165, 1.54) is 0 Å². The Bertz CT molecular complexity index is 437. The number of nitriles is 1. The number of aliphatic hydroxyl groups is 1. The predicted molar refractivity (Wildman–Crippen MR) is 65.6 cm³/mol. The highest BCUT2D eigenvalue weighted by Gasteiger charge is 2.25. The van der Waals surface area contributed by atoms with Gasteiger partial charge in [-0.25, -0.2) is 4.98 Å². The number of hydrogen-bond donors (Lipinski definition) is 1. The molecule has 4 heteroatoms. The van der Waals surface area contributed by atoms with E-state index in [2.05, 4.69) is 16.0 Å². The van der Waals surface area contributed by atoms with Gasteiger partial charge in [0.05, 0.1) is 5.60 Å². The Morgan fingerprint density at radius 1 is 1.47 bits per heavy atom. The summed E-state index contributed by atoms with van der Waals surface area (Å²) in [5.41, 5.74) is 0.910. The Balaban J connectivity index is 2.14. The van der Waals surface area contributed by atoms with Gasteiger partial charge in [-0.3, -0.25) is 0 Å². The molecule has 1 fully saturated rings. The molecule has 0 saturated carbocycles. The van der Waals surface area contributed by atoms with Crippen LogP contribution in [0.5, 0.6) is 0 Å². The molecule has 0 aliphatic carbocycles. The zero-order valence-corrected chi connectivity index (χ0v) is 10.1. The van der Waals surface area contributed by atoms with Gasteiger partial charge in [-0.2, -0.15) is 5.26 Å². The van der Waals surface area contributed by atoms with Gasteiger partial charge in [-0.15, -0.1) is 0 Å². The first-order valence-electron chi connectivity index (χ1n) is 5.94. The largest absolute Gasteiger partial charge is 0.390 e. The Kier molecular flexibility index (Phi) is 3.30. The van der Waals surface area contributed by atoms with Crippen molar-refractivity contribution in [2.75, 3.05) is 18.0 Å². The monoisotopic (exact) mass is 231 g/mol. The van der Waals surface area contributed by atoms with Gasteiger partial charge < -0.3 is 10.0 Å². The number of rotatable bonds is 1. The van der Waals surface area contributed by atoms with Crippen molar-refractivity contribution in [2.45, 2.75) is 31.8 Å². The van der Waals surface area contributed by atoms with Crippen LogP contribution in [-0.4, -0.2) is 28.8 Å². The Hall–Kier alpha value is -1.60. The fourth-order valence-corrected chi connectivity index (χ4v) is 2.20. The molecule has 0 spiro atoms. The van der Waals surface area contributed by atoms with Gasteiger partial charge in [0.2, 0.25) is 0 Å². The first-order chi connectivity index (χ1) is 8.11. The van der Waals surface area contributed by atoms with Crippen molar-refractivity contribution in [2.24, 2.45) is 0 Å². The van der Waals surface area contributed by atoms with Crippen molar-refractivity contribution in [3.63, 3.8) is 0 Å². The maximum Gasteiger partial charge on any atom is 0.142 e. The molecule has 0 aromatic carbocycles. The van der Waals surface area contributed by atoms with Gasteiger partial charge in [0.15, 0.2) is 0 Å². The molecular weight excluding hydrogens is 214 g/mol. The summed E-state index contributed by atoms with van der Waals surface area (Å²) < 4.78 is 0. The van der Waals surface area contributed by atoms with E-state index in [1.807, 2.05) is 13.0 Å². The molecule has 0 bridgehead atoms. The van der Waals surface area contributed by atoms with Gasteiger partial charge in [0.25, 0.3) is 0 Å². The number of nitrogens with zero attached hydrogens (tertiary/aromatic N) is 3. The van der Waals surface area contributed by atoms with E-state index < -0.39 is 5.60 Å². The number of pyridine rings is 1. The molecule has 1 aliphatic rings. The molecule has 2 rings (SSSR count). The Labute approximate surface area is 102 Å².